The van der Waals surface area contributed by atoms with Crippen molar-refractivity contribution in [1.82, 2.24) is 4.68 Å². The van der Waals surface area contributed by atoms with Crippen molar-refractivity contribution in [2.24, 2.45) is 10.1 Å². The molecular weight excluding hydrogens is 382 g/mol. The van der Waals surface area contributed by atoms with Crippen LogP contribution in [0.3, 0.4) is 0 Å². The standard InChI is InChI=1S/C20H22ClN3S2/c1-5-22-19-24(16(13-25-19)17-10-11-18(21)26-17)23-12-14-6-8-15(9-7-14)20(2,3)4/h6-13H,5H2,1-4H3/b22-19?,23-12-. The van der Waals surface area contributed by atoms with Crippen LogP contribution in [0.25, 0.3) is 10.6 Å². The molecular formula is C20H22ClN3S2. The molecule has 1 aromatic carbocycles. The molecule has 2 aromatic heterocycles. The number of thiophene rings is 1. The van der Waals surface area contributed by atoms with Gasteiger partial charge < -0.3 is 0 Å². The highest BCUT2D eigenvalue weighted by Crippen LogP contribution is 2.31. The van der Waals surface area contributed by atoms with Crippen LogP contribution in [0, 0.1) is 0 Å². The molecule has 6 heteroatoms. The van der Waals surface area contributed by atoms with Gasteiger partial charge in [-0.25, -0.2) is 4.68 Å². The summed E-state index contributed by atoms with van der Waals surface area (Å²) in [5, 5.41) is 6.78. The van der Waals surface area contributed by atoms with E-state index in [1.807, 2.05) is 29.9 Å². The fourth-order valence-corrected chi connectivity index (χ4v) is 4.48. The molecule has 0 saturated carbocycles. The minimum Gasteiger partial charge on any atom is -0.258 e. The van der Waals surface area contributed by atoms with Gasteiger partial charge >= 0.3 is 0 Å². The Morgan fingerprint density at radius 3 is 2.42 bits per heavy atom. The second-order valence-corrected chi connectivity index (χ2v) is 9.46. The number of rotatable bonds is 4. The number of hydrogen-bond donors (Lipinski definition) is 0. The maximum Gasteiger partial charge on any atom is 0.206 e. The Labute approximate surface area is 167 Å². The number of halogens is 1. The van der Waals surface area contributed by atoms with E-state index < -0.39 is 0 Å². The SMILES string of the molecule is CCN=c1scc(-c2ccc(Cl)s2)n1/N=C\c1ccc(C(C)(C)C)cc1. The lowest BCUT2D eigenvalue weighted by molar-refractivity contribution is 0.590. The molecule has 0 N–H and O–H groups in total. The normalized spacial score (nSPS) is 13.0. The molecule has 136 valence electrons. The molecule has 0 amide bonds. The van der Waals surface area contributed by atoms with Crippen LogP contribution in [0.1, 0.15) is 38.8 Å². The van der Waals surface area contributed by atoms with Crippen molar-refractivity contribution in [2.75, 3.05) is 6.54 Å². The Balaban J connectivity index is 1.97. The summed E-state index contributed by atoms with van der Waals surface area (Å²) in [7, 11) is 0. The minimum atomic E-state index is 0.149. The molecule has 0 bridgehead atoms. The molecule has 0 unspecified atom stereocenters. The van der Waals surface area contributed by atoms with Gasteiger partial charge in [0.1, 0.15) is 0 Å². The van der Waals surface area contributed by atoms with Crippen LogP contribution in [-0.4, -0.2) is 17.4 Å². The summed E-state index contributed by atoms with van der Waals surface area (Å²) >= 11 is 9.25. The zero-order valence-electron chi connectivity index (χ0n) is 15.4. The third-order valence-electron chi connectivity index (χ3n) is 3.90. The maximum atomic E-state index is 6.11. The van der Waals surface area contributed by atoms with E-state index in [4.69, 9.17) is 16.7 Å². The minimum absolute atomic E-state index is 0.149. The fraction of sp³-hybridized carbons (Fsp3) is 0.300. The van der Waals surface area contributed by atoms with Crippen LogP contribution in [-0.2, 0) is 5.41 Å². The molecule has 0 atom stereocenters. The third-order valence-corrected chi connectivity index (χ3v) is 6.01. The maximum absolute atomic E-state index is 6.11. The van der Waals surface area contributed by atoms with Gasteiger partial charge in [-0.05, 0) is 35.6 Å². The van der Waals surface area contributed by atoms with E-state index in [2.05, 4.69) is 55.4 Å². The van der Waals surface area contributed by atoms with Gasteiger partial charge in [-0.2, -0.15) is 5.10 Å². The van der Waals surface area contributed by atoms with Gasteiger partial charge in [-0.15, -0.1) is 22.7 Å². The Morgan fingerprint density at radius 1 is 1.12 bits per heavy atom. The molecule has 0 aliphatic rings. The summed E-state index contributed by atoms with van der Waals surface area (Å²) in [6, 6.07) is 12.5. The largest absolute Gasteiger partial charge is 0.258 e. The highest BCUT2D eigenvalue weighted by atomic mass is 35.5. The van der Waals surface area contributed by atoms with Crippen LogP contribution < -0.4 is 4.80 Å². The Bertz CT molecular complexity index is 970. The van der Waals surface area contributed by atoms with Gasteiger partial charge in [0.05, 0.1) is 21.1 Å². The Morgan fingerprint density at radius 2 is 1.85 bits per heavy atom. The second kappa shape index (κ2) is 7.91. The molecule has 0 spiro atoms. The van der Waals surface area contributed by atoms with E-state index in [0.717, 1.165) is 31.8 Å². The lowest BCUT2D eigenvalue weighted by atomic mass is 9.87. The molecule has 3 nitrogen and oxygen atoms in total. The van der Waals surface area contributed by atoms with E-state index >= 15 is 0 Å². The molecule has 0 aliphatic heterocycles. The first-order valence-corrected chi connectivity index (χ1v) is 10.6. The summed E-state index contributed by atoms with van der Waals surface area (Å²) in [6.07, 6.45) is 1.88. The summed E-state index contributed by atoms with van der Waals surface area (Å²) in [5.41, 5.74) is 3.54. The molecule has 3 rings (SSSR count). The van der Waals surface area contributed by atoms with Crippen LogP contribution in [0.5, 0.6) is 0 Å². The highest BCUT2D eigenvalue weighted by Gasteiger charge is 2.13. The predicted octanol–water partition coefficient (Wildman–Crippen LogP) is 6.03. The Kier molecular flexibility index (Phi) is 5.80. The number of thiazole rings is 1. The van der Waals surface area contributed by atoms with Gasteiger partial charge in [0.15, 0.2) is 0 Å². The summed E-state index contributed by atoms with van der Waals surface area (Å²) in [5.74, 6) is 0. The third kappa shape index (κ3) is 4.34. The zero-order valence-corrected chi connectivity index (χ0v) is 17.8. The van der Waals surface area contributed by atoms with Crippen molar-refractivity contribution in [1.29, 1.82) is 0 Å². The molecule has 0 fully saturated rings. The second-order valence-electron chi connectivity index (χ2n) is 6.91. The van der Waals surface area contributed by atoms with Crippen molar-refractivity contribution < 1.29 is 0 Å². The number of hydrogen-bond acceptors (Lipinski definition) is 4. The average molecular weight is 404 g/mol. The van der Waals surface area contributed by atoms with E-state index in [9.17, 15) is 0 Å². The first-order chi connectivity index (χ1) is 12.4. The highest BCUT2D eigenvalue weighted by molar-refractivity contribution is 7.19. The zero-order chi connectivity index (χ0) is 18.7. The molecule has 3 aromatic rings. The van der Waals surface area contributed by atoms with E-state index in [1.165, 1.54) is 5.56 Å². The van der Waals surface area contributed by atoms with Crippen LogP contribution in [0.15, 0.2) is 51.9 Å². The Hall–Kier alpha value is -1.69. The molecule has 0 radical (unpaired) electrons. The van der Waals surface area contributed by atoms with Crippen molar-refractivity contribution in [3.8, 4) is 10.6 Å². The summed E-state index contributed by atoms with van der Waals surface area (Å²) in [6.45, 7) is 9.40. The topological polar surface area (TPSA) is 29.6 Å². The van der Waals surface area contributed by atoms with E-state index in [1.54, 1.807) is 22.7 Å². The van der Waals surface area contributed by atoms with Crippen molar-refractivity contribution in [3.05, 3.63) is 62.0 Å². The summed E-state index contributed by atoms with van der Waals surface area (Å²) < 4.78 is 2.67. The quantitative estimate of drug-likeness (QED) is 0.476. The number of aromatic nitrogens is 1. The van der Waals surface area contributed by atoms with Gasteiger partial charge in [0.25, 0.3) is 0 Å². The first-order valence-electron chi connectivity index (χ1n) is 8.50. The lowest BCUT2D eigenvalue weighted by Crippen LogP contribution is -2.12. The van der Waals surface area contributed by atoms with Crippen LogP contribution >= 0.6 is 34.3 Å². The van der Waals surface area contributed by atoms with Crippen molar-refractivity contribution in [3.63, 3.8) is 0 Å². The number of benzene rings is 1. The van der Waals surface area contributed by atoms with Gasteiger partial charge in [-0.3, -0.25) is 4.99 Å². The van der Waals surface area contributed by atoms with Crippen molar-refractivity contribution >= 4 is 40.5 Å². The van der Waals surface area contributed by atoms with E-state index in [-0.39, 0.29) is 5.41 Å². The summed E-state index contributed by atoms with van der Waals surface area (Å²) in [4.78, 5) is 6.53. The van der Waals surface area contributed by atoms with Crippen LogP contribution in [0.4, 0.5) is 0 Å². The average Bonchev–Trinajstić information content (AvgIpc) is 3.19. The molecule has 0 aliphatic carbocycles. The van der Waals surface area contributed by atoms with E-state index in [0.29, 0.717) is 0 Å². The molecule has 26 heavy (non-hydrogen) atoms. The predicted molar refractivity (Wildman–Crippen MR) is 115 cm³/mol. The lowest BCUT2D eigenvalue weighted by Gasteiger charge is -2.18. The molecule has 0 saturated heterocycles. The fourth-order valence-electron chi connectivity index (χ4n) is 2.47. The van der Waals surface area contributed by atoms with Gasteiger partial charge in [0, 0.05) is 11.9 Å². The number of nitrogens with zero attached hydrogens (tertiary/aromatic N) is 3. The van der Waals surface area contributed by atoms with Crippen LogP contribution in [0.2, 0.25) is 4.34 Å². The first kappa shape index (κ1) is 19.1. The monoisotopic (exact) mass is 403 g/mol. The van der Waals surface area contributed by atoms with Gasteiger partial charge in [-0.1, -0.05) is 56.6 Å². The smallest absolute Gasteiger partial charge is 0.206 e. The van der Waals surface area contributed by atoms with Gasteiger partial charge in [0.2, 0.25) is 4.80 Å². The van der Waals surface area contributed by atoms with Crippen molar-refractivity contribution in [2.45, 2.75) is 33.1 Å². The molecule has 2 heterocycles.